The Kier molecular flexibility index (Phi) is 4.91. The molecule has 2 aromatic carbocycles. The zero-order chi connectivity index (χ0) is 19.7. The lowest BCUT2D eigenvalue weighted by atomic mass is 10.1. The van der Waals surface area contributed by atoms with Crippen molar-refractivity contribution in [1.29, 1.82) is 0 Å². The molecule has 0 saturated heterocycles. The second-order valence-corrected chi connectivity index (χ2v) is 6.04. The molecule has 0 aliphatic rings. The van der Waals surface area contributed by atoms with Crippen LogP contribution < -0.4 is 10.4 Å². The summed E-state index contributed by atoms with van der Waals surface area (Å²) in [5.41, 5.74) is -0.215. The average molecular weight is 391 g/mol. The summed E-state index contributed by atoms with van der Waals surface area (Å²) in [6.45, 7) is 0. The number of fused-ring (bicyclic) bond motifs is 1. The van der Waals surface area contributed by atoms with E-state index in [9.17, 15) is 19.5 Å². The van der Waals surface area contributed by atoms with Gasteiger partial charge in [0.2, 0.25) is 0 Å². The number of imidazole rings is 1. The van der Waals surface area contributed by atoms with Crippen molar-refractivity contribution in [2.75, 3.05) is 14.2 Å². The number of carbonyl (C=O) groups is 2. The van der Waals surface area contributed by atoms with Gasteiger partial charge in [-0.3, -0.25) is 4.57 Å². The molecule has 0 bridgehead atoms. The number of rotatable bonds is 4. The topological polar surface area (TPSA) is 99.8 Å². The smallest absolute Gasteiger partial charge is 0.420 e. The molecule has 140 valence electrons. The minimum absolute atomic E-state index is 0.105. The Hall–Kier alpha value is -3.26. The fourth-order valence-corrected chi connectivity index (χ4v) is 3.11. The number of benzene rings is 2. The number of nitrogens with zero attached hydrogens (tertiary/aromatic N) is 2. The van der Waals surface area contributed by atoms with E-state index in [1.807, 2.05) is 0 Å². The molecule has 0 saturated carbocycles. The standard InChI is InChI=1S/C18H15ClN2O6/c1-26-12-5-3-4-10(8-12)15(16(22)27-2)20-14-9-11(19)6-7-13(14)21(17(20)23)18(24)25/h3-9,15H,1-2H3,(H,24,25). The summed E-state index contributed by atoms with van der Waals surface area (Å²) >= 11 is 6.04. The molecule has 0 radical (unpaired) electrons. The van der Waals surface area contributed by atoms with Gasteiger partial charge in [-0.15, -0.1) is 0 Å². The van der Waals surface area contributed by atoms with Crippen LogP contribution in [0, 0.1) is 0 Å². The molecule has 1 N–H and O–H groups in total. The van der Waals surface area contributed by atoms with Gasteiger partial charge in [-0.1, -0.05) is 23.7 Å². The van der Waals surface area contributed by atoms with Crippen molar-refractivity contribution >= 4 is 34.7 Å². The molecule has 27 heavy (non-hydrogen) atoms. The molecule has 3 rings (SSSR count). The summed E-state index contributed by atoms with van der Waals surface area (Å²) in [5.74, 6) is -0.274. The van der Waals surface area contributed by atoms with Gasteiger partial charge in [0, 0.05) is 5.02 Å². The Morgan fingerprint density at radius 2 is 1.85 bits per heavy atom. The van der Waals surface area contributed by atoms with E-state index in [4.69, 9.17) is 21.1 Å². The van der Waals surface area contributed by atoms with Crippen LogP contribution >= 0.6 is 11.6 Å². The summed E-state index contributed by atoms with van der Waals surface area (Å²) in [5, 5.41) is 9.74. The van der Waals surface area contributed by atoms with Gasteiger partial charge in [0.05, 0.1) is 25.3 Å². The molecule has 8 nitrogen and oxygen atoms in total. The van der Waals surface area contributed by atoms with Crippen LogP contribution in [0.3, 0.4) is 0 Å². The third-order valence-corrected chi connectivity index (χ3v) is 4.35. The van der Waals surface area contributed by atoms with E-state index in [2.05, 4.69) is 0 Å². The maximum absolute atomic E-state index is 12.9. The molecule has 0 aliphatic heterocycles. The lowest BCUT2D eigenvalue weighted by molar-refractivity contribution is -0.143. The normalized spacial score (nSPS) is 12.0. The van der Waals surface area contributed by atoms with Crippen molar-refractivity contribution in [3.05, 3.63) is 63.5 Å². The molecule has 1 heterocycles. The van der Waals surface area contributed by atoms with Crippen molar-refractivity contribution in [3.63, 3.8) is 0 Å². The minimum Gasteiger partial charge on any atom is -0.497 e. The molecule has 1 aromatic heterocycles. The number of esters is 1. The SMILES string of the molecule is COC(=O)C(c1cccc(OC)c1)n1c(=O)n(C(=O)O)c2ccc(Cl)cc21. The number of ether oxygens (including phenoxy) is 2. The first kappa shape index (κ1) is 18.5. The molecule has 0 amide bonds. The van der Waals surface area contributed by atoms with Crippen LogP contribution in [-0.2, 0) is 9.53 Å². The predicted molar refractivity (Wildman–Crippen MR) is 97.8 cm³/mol. The first-order chi connectivity index (χ1) is 12.9. The van der Waals surface area contributed by atoms with Gasteiger partial charge in [-0.2, -0.15) is 4.57 Å². The maximum atomic E-state index is 12.9. The molecule has 1 atom stereocenters. The third-order valence-electron chi connectivity index (χ3n) is 4.12. The van der Waals surface area contributed by atoms with Gasteiger partial charge in [0.1, 0.15) is 5.75 Å². The summed E-state index contributed by atoms with van der Waals surface area (Å²) in [6.07, 6.45) is -1.47. The van der Waals surface area contributed by atoms with E-state index in [0.717, 1.165) is 4.57 Å². The zero-order valence-electron chi connectivity index (χ0n) is 14.4. The highest BCUT2D eigenvalue weighted by atomic mass is 35.5. The lowest BCUT2D eigenvalue weighted by Gasteiger charge is -2.17. The minimum atomic E-state index is -1.47. The number of hydrogen-bond acceptors (Lipinski definition) is 5. The van der Waals surface area contributed by atoms with Crippen molar-refractivity contribution in [2.24, 2.45) is 0 Å². The Morgan fingerprint density at radius 1 is 1.11 bits per heavy atom. The molecule has 0 aliphatic carbocycles. The fourth-order valence-electron chi connectivity index (χ4n) is 2.94. The van der Waals surface area contributed by atoms with Crippen LogP contribution in [0.1, 0.15) is 11.6 Å². The van der Waals surface area contributed by atoms with Crippen LogP contribution in [-0.4, -0.2) is 40.5 Å². The van der Waals surface area contributed by atoms with Crippen LogP contribution in [0.4, 0.5) is 4.79 Å². The number of hydrogen-bond donors (Lipinski definition) is 1. The van der Waals surface area contributed by atoms with Crippen LogP contribution in [0.2, 0.25) is 5.02 Å². The average Bonchev–Trinajstić information content (AvgIpc) is 2.93. The van der Waals surface area contributed by atoms with E-state index in [1.165, 1.54) is 32.4 Å². The summed E-state index contributed by atoms with van der Waals surface area (Å²) in [4.78, 5) is 37.1. The van der Waals surface area contributed by atoms with E-state index in [1.54, 1.807) is 24.3 Å². The Balaban J connectivity index is 2.39. The van der Waals surface area contributed by atoms with E-state index >= 15 is 0 Å². The number of halogens is 1. The largest absolute Gasteiger partial charge is 0.497 e. The third kappa shape index (κ3) is 3.15. The number of methoxy groups -OCH3 is 2. The number of carboxylic acid groups (broad SMARTS) is 1. The van der Waals surface area contributed by atoms with E-state index in [-0.39, 0.29) is 16.1 Å². The molecule has 0 fully saturated rings. The van der Waals surface area contributed by atoms with Gasteiger partial charge < -0.3 is 14.6 Å². The van der Waals surface area contributed by atoms with Crippen molar-refractivity contribution in [3.8, 4) is 5.75 Å². The van der Waals surface area contributed by atoms with E-state index in [0.29, 0.717) is 15.9 Å². The van der Waals surface area contributed by atoms with Gasteiger partial charge in [0.25, 0.3) is 0 Å². The Labute approximate surface area is 158 Å². The summed E-state index contributed by atoms with van der Waals surface area (Å²) < 4.78 is 11.7. The van der Waals surface area contributed by atoms with Gasteiger partial charge in [-0.05, 0) is 35.9 Å². The molecule has 1 unspecified atom stereocenters. The second-order valence-electron chi connectivity index (χ2n) is 5.61. The fraction of sp³-hybridized carbons (Fsp3) is 0.167. The van der Waals surface area contributed by atoms with Crippen molar-refractivity contribution in [2.45, 2.75) is 6.04 Å². The Morgan fingerprint density at radius 3 is 2.48 bits per heavy atom. The van der Waals surface area contributed by atoms with Gasteiger partial charge in [-0.25, -0.2) is 14.4 Å². The molecular weight excluding hydrogens is 376 g/mol. The van der Waals surface area contributed by atoms with Gasteiger partial charge in [0.15, 0.2) is 6.04 Å². The highest BCUT2D eigenvalue weighted by Crippen LogP contribution is 2.28. The summed E-state index contributed by atoms with van der Waals surface area (Å²) in [6, 6.07) is 9.59. The van der Waals surface area contributed by atoms with E-state index < -0.39 is 23.8 Å². The van der Waals surface area contributed by atoms with Crippen LogP contribution in [0.5, 0.6) is 5.75 Å². The molecule has 3 aromatic rings. The molecule has 9 heteroatoms. The second kappa shape index (κ2) is 7.16. The molecule has 0 spiro atoms. The highest BCUT2D eigenvalue weighted by Gasteiger charge is 2.30. The quantitative estimate of drug-likeness (QED) is 0.687. The van der Waals surface area contributed by atoms with Crippen molar-refractivity contribution in [1.82, 2.24) is 9.13 Å². The predicted octanol–water partition coefficient (Wildman–Crippen LogP) is 2.75. The van der Waals surface area contributed by atoms with Gasteiger partial charge >= 0.3 is 17.8 Å². The Bertz CT molecular complexity index is 1100. The summed E-state index contributed by atoms with van der Waals surface area (Å²) in [7, 11) is 2.65. The first-order valence-electron chi connectivity index (χ1n) is 7.76. The monoisotopic (exact) mass is 390 g/mol. The van der Waals surface area contributed by atoms with Crippen molar-refractivity contribution < 1.29 is 24.2 Å². The van der Waals surface area contributed by atoms with Crippen LogP contribution in [0.15, 0.2) is 47.3 Å². The lowest BCUT2D eigenvalue weighted by Crippen LogP contribution is -2.34. The molecular formula is C18H15ClN2O6. The van der Waals surface area contributed by atoms with Crippen LogP contribution in [0.25, 0.3) is 11.0 Å². The number of aromatic nitrogens is 2. The first-order valence-corrected chi connectivity index (χ1v) is 8.14. The maximum Gasteiger partial charge on any atom is 0.420 e. The highest BCUT2D eigenvalue weighted by molar-refractivity contribution is 6.31. The zero-order valence-corrected chi connectivity index (χ0v) is 15.1. The number of carbonyl (C=O) groups excluding carboxylic acids is 1.